The largest absolute Gasteiger partial charge is 0.329 e. The lowest BCUT2D eigenvalue weighted by Crippen LogP contribution is -2.28. The highest BCUT2D eigenvalue weighted by molar-refractivity contribution is 9.13. The number of benzene rings is 1. The quantitative estimate of drug-likeness (QED) is 0.831. The van der Waals surface area contributed by atoms with Crippen molar-refractivity contribution in [2.24, 2.45) is 5.73 Å². The second-order valence-electron chi connectivity index (χ2n) is 4.70. The standard InChI is InChI=1S/C14H14Br2N2S/c15-11-5-13(19-14(11)16)12(6-17)18-7-9-3-1-2-4-10(9)8-18/h1-5,12H,6-8,17H2. The molecule has 2 N–H and O–H groups in total. The van der Waals surface area contributed by atoms with Gasteiger partial charge >= 0.3 is 0 Å². The minimum Gasteiger partial charge on any atom is -0.329 e. The lowest BCUT2D eigenvalue weighted by Gasteiger charge is -2.25. The number of nitrogens with zero attached hydrogens (tertiary/aromatic N) is 1. The van der Waals surface area contributed by atoms with Crippen molar-refractivity contribution in [3.05, 3.63) is 54.6 Å². The van der Waals surface area contributed by atoms with Gasteiger partial charge in [-0.15, -0.1) is 11.3 Å². The molecule has 2 nitrogen and oxygen atoms in total. The van der Waals surface area contributed by atoms with Crippen LogP contribution < -0.4 is 5.73 Å². The average Bonchev–Trinajstić information content (AvgIpc) is 2.95. The van der Waals surface area contributed by atoms with Crippen LogP contribution in [0.1, 0.15) is 22.0 Å². The van der Waals surface area contributed by atoms with E-state index in [-0.39, 0.29) is 0 Å². The van der Waals surface area contributed by atoms with Gasteiger partial charge in [-0.25, -0.2) is 0 Å². The van der Waals surface area contributed by atoms with Crippen molar-refractivity contribution in [2.45, 2.75) is 19.1 Å². The van der Waals surface area contributed by atoms with E-state index in [1.165, 1.54) is 16.0 Å². The summed E-state index contributed by atoms with van der Waals surface area (Å²) in [6.45, 7) is 2.63. The van der Waals surface area contributed by atoms with Crippen molar-refractivity contribution in [1.29, 1.82) is 0 Å². The van der Waals surface area contributed by atoms with Crippen LogP contribution in [-0.4, -0.2) is 11.4 Å². The SMILES string of the molecule is NCC(c1cc(Br)c(Br)s1)N1Cc2ccccc2C1. The molecule has 0 saturated heterocycles. The predicted molar refractivity (Wildman–Crippen MR) is 87.2 cm³/mol. The Balaban J connectivity index is 1.85. The third-order valence-corrected chi connectivity index (χ3v) is 6.88. The summed E-state index contributed by atoms with van der Waals surface area (Å²) in [5.41, 5.74) is 8.87. The highest BCUT2D eigenvalue weighted by Gasteiger charge is 2.27. The summed E-state index contributed by atoms with van der Waals surface area (Å²) in [5, 5.41) is 0. The zero-order valence-corrected chi connectivity index (χ0v) is 14.3. The summed E-state index contributed by atoms with van der Waals surface area (Å²) < 4.78 is 2.25. The number of thiophene rings is 1. The minimum atomic E-state index is 0.292. The molecule has 2 heterocycles. The Morgan fingerprint density at radius 1 is 1.21 bits per heavy atom. The van der Waals surface area contributed by atoms with Crippen LogP contribution in [-0.2, 0) is 13.1 Å². The lowest BCUT2D eigenvalue weighted by molar-refractivity contribution is 0.208. The fraction of sp³-hybridized carbons (Fsp3) is 0.286. The van der Waals surface area contributed by atoms with Crippen molar-refractivity contribution < 1.29 is 0 Å². The molecule has 1 atom stereocenters. The van der Waals surface area contributed by atoms with Crippen LogP contribution in [0.5, 0.6) is 0 Å². The van der Waals surface area contributed by atoms with E-state index >= 15 is 0 Å². The maximum absolute atomic E-state index is 6.01. The number of hydrogen-bond acceptors (Lipinski definition) is 3. The molecule has 1 unspecified atom stereocenters. The molecule has 2 aromatic rings. The Bertz CT molecular complexity index is 552. The van der Waals surface area contributed by atoms with Gasteiger partial charge in [-0.2, -0.15) is 0 Å². The summed E-state index contributed by atoms with van der Waals surface area (Å²) in [7, 11) is 0. The molecule has 0 aliphatic carbocycles. The van der Waals surface area contributed by atoms with Gasteiger partial charge in [-0.3, -0.25) is 4.90 Å². The Labute approximate surface area is 133 Å². The highest BCUT2D eigenvalue weighted by atomic mass is 79.9. The first-order valence-corrected chi connectivity index (χ1v) is 8.55. The molecule has 1 aliphatic heterocycles. The fourth-order valence-corrected chi connectivity index (χ4v) is 4.79. The Morgan fingerprint density at radius 3 is 2.32 bits per heavy atom. The van der Waals surface area contributed by atoms with Crippen molar-refractivity contribution in [1.82, 2.24) is 4.90 Å². The second kappa shape index (κ2) is 5.66. The molecule has 0 bridgehead atoms. The topological polar surface area (TPSA) is 29.3 Å². The summed E-state index contributed by atoms with van der Waals surface area (Å²) in [5.74, 6) is 0. The first kappa shape index (κ1) is 13.8. The number of nitrogens with two attached hydrogens (primary N) is 1. The van der Waals surface area contributed by atoms with Crippen molar-refractivity contribution in [2.75, 3.05) is 6.54 Å². The van der Waals surface area contributed by atoms with E-state index in [0.717, 1.165) is 21.3 Å². The maximum Gasteiger partial charge on any atom is 0.0843 e. The Kier molecular flexibility index (Phi) is 4.10. The molecule has 0 saturated carbocycles. The summed E-state index contributed by atoms with van der Waals surface area (Å²) >= 11 is 8.88. The van der Waals surface area contributed by atoms with Gasteiger partial charge in [0.2, 0.25) is 0 Å². The van der Waals surface area contributed by atoms with Gasteiger partial charge in [-0.05, 0) is 49.1 Å². The Morgan fingerprint density at radius 2 is 1.84 bits per heavy atom. The molecule has 3 rings (SSSR count). The van der Waals surface area contributed by atoms with E-state index in [9.17, 15) is 0 Å². The zero-order valence-electron chi connectivity index (χ0n) is 10.3. The molecule has 0 fully saturated rings. The van der Waals surface area contributed by atoms with E-state index in [4.69, 9.17) is 5.73 Å². The van der Waals surface area contributed by atoms with Crippen LogP contribution >= 0.6 is 43.2 Å². The molecule has 19 heavy (non-hydrogen) atoms. The highest BCUT2D eigenvalue weighted by Crippen LogP contribution is 2.39. The van der Waals surface area contributed by atoms with Gasteiger partial charge in [-0.1, -0.05) is 24.3 Å². The maximum atomic E-state index is 6.01. The number of fused-ring (bicyclic) bond motifs is 1. The molecular weight excluding hydrogens is 388 g/mol. The van der Waals surface area contributed by atoms with Gasteiger partial charge in [0.05, 0.1) is 9.83 Å². The fourth-order valence-electron chi connectivity index (χ4n) is 2.55. The predicted octanol–water partition coefficient (Wildman–Crippen LogP) is 4.29. The first-order valence-electron chi connectivity index (χ1n) is 6.14. The summed E-state index contributed by atoms with van der Waals surface area (Å²) in [6, 6.07) is 11.1. The van der Waals surface area contributed by atoms with Crippen LogP contribution in [0.15, 0.2) is 38.6 Å². The monoisotopic (exact) mass is 400 g/mol. The molecule has 0 spiro atoms. The van der Waals surface area contributed by atoms with Crippen molar-refractivity contribution >= 4 is 43.2 Å². The smallest absolute Gasteiger partial charge is 0.0843 e. The molecule has 1 aliphatic rings. The number of hydrogen-bond donors (Lipinski definition) is 1. The van der Waals surface area contributed by atoms with Crippen LogP contribution in [0.4, 0.5) is 0 Å². The molecular formula is C14H14Br2N2S. The van der Waals surface area contributed by atoms with E-state index < -0.39 is 0 Å². The van der Waals surface area contributed by atoms with Crippen LogP contribution in [0.3, 0.4) is 0 Å². The zero-order chi connectivity index (χ0) is 13.4. The van der Waals surface area contributed by atoms with Gasteiger partial charge in [0.1, 0.15) is 0 Å². The number of rotatable bonds is 3. The van der Waals surface area contributed by atoms with Gasteiger partial charge in [0, 0.05) is 29.0 Å². The molecule has 0 amide bonds. The van der Waals surface area contributed by atoms with Crippen molar-refractivity contribution in [3.8, 4) is 0 Å². The third kappa shape index (κ3) is 2.67. The van der Waals surface area contributed by atoms with E-state index in [1.54, 1.807) is 11.3 Å². The molecule has 1 aromatic carbocycles. The van der Waals surface area contributed by atoms with E-state index in [2.05, 4.69) is 67.1 Å². The minimum absolute atomic E-state index is 0.292. The van der Waals surface area contributed by atoms with Gasteiger partial charge < -0.3 is 5.73 Å². The van der Waals surface area contributed by atoms with Crippen LogP contribution in [0, 0.1) is 0 Å². The normalized spacial score (nSPS) is 16.6. The molecule has 100 valence electrons. The van der Waals surface area contributed by atoms with E-state index in [1.807, 2.05) is 0 Å². The van der Waals surface area contributed by atoms with Crippen molar-refractivity contribution in [3.63, 3.8) is 0 Å². The molecule has 5 heteroatoms. The molecule has 1 aromatic heterocycles. The summed E-state index contributed by atoms with van der Waals surface area (Å²) in [4.78, 5) is 3.77. The third-order valence-electron chi connectivity index (χ3n) is 3.52. The summed E-state index contributed by atoms with van der Waals surface area (Å²) in [6.07, 6.45) is 0. The van der Waals surface area contributed by atoms with Crippen LogP contribution in [0.25, 0.3) is 0 Å². The number of halogens is 2. The van der Waals surface area contributed by atoms with Crippen LogP contribution in [0.2, 0.25) is 0 Å². The van der Waals surface area contributed by atoms with E-state index in [0.29, 0.717) is 12.6 Å². The van der Waals surface area contributed by atoms with Gasteiger partial charge in [0.25, 0.3) is 0 Å². The first-order chi connectivity index (χ1) is 9.19. The average molecular weight is 402 g/mol. The Hall–Kier alpha value is -0.200. The lowest BCUT2D eigenvalue weighted by atomic mass is 10.1. The molecule has 0 radical (unpaired) electrons. The second-order valence-corrected chi connectivity index (χ2v) is 7.95. The van der Waals surface area contributed by atoms with Gasteiger partial charge in [0.15, 0.2) is 0 Å².